The minimum Gasteiger partial charge on any atom is -0.375 e. The van der Waals surface area contributed by atoms with Gasteiger partial charge in [-0.3, -0.25) is 9.59 Å². The van der Waals surface area contributed by atoms with Crippen LogP contribution in [0.3, 0.4) is 0 Å². The van der Waals surface area contributed by atoms with Gasteiger partial charge in [-0.25, -0.2) is 0 Å². The van der Waals surface area contributed by atoms with Gasteiger partial charge >= 0.3 is 0 Å². The third kappa shape index (κ3) is 3.17. The number of nitrogens with zero attached hydrogens (tertiary/aromatic N) is 4. The van der Waals surface area contributed by atoms with Crippen LogP contribution in [0.1, 0.15) is 40.8 Å². The van der Waals surface area contributed by atoms with Gasteiger partial charge in [-0.05, 0) is 32.6 Å². The largest absolute Gasteiger partial charge is 0.375 e. The number of carbonyl (C=O) groups is 2. The molecule has 1 saturated carbocycles. The Bertz CT molecular complexity index is 893. The molecule has 2 aliphatic rings. The molecule has 0 spiro atoms. The van der Waals surface area contributed by atoms with Gasteiger partial charge in [0.05, 0.1) is 5.41 Å². The van der Waals surface area contributed by atoms with E-state index in [2.05, 4.69) is 20.6 Å². The van der Waals surface area contributed by atoms with Crippen molar-refractivity contribution in [3.8, 4) is 0 Å². The molecule has 10 nitrogen and oxygen atoms in total. The number of rotatable bonds is 5. The number of hydrogen-bond donors (Lipinski definition) is 1. The van der Waals surface area contributed by atoms with Crippen molar-refractivity contribution < 1.29 is 23.4 Å². The van der Waals surface area contributed by atoms with Gasteiger partial charge in [0.25, 0.3) is 5.91 Å². The van der Waals surface area contributed by atoms with Gasteiger partial charge in [-0.1, -0.05) is 10.3 Å². The SMILES string of the molecule is COCC(=O)N1CC2C[C@@H](NC(=O)c3cc(C)on3)C[C@]2(c2nc(C)no2)C1. The Labute approximate surface area is 161 Å². The molecule has 1 aliphatic heterocycles. The van der Waals surface area contributed by atoms with Crippen LogP contribution in [-0.2, 0) is 14.9 Å². The lowest BCUT2D eigenvalue weighted by Gasteiger charge is -2.25. The van der Waals surface area contributed by atoms with Gasteiger partial charge in [-0.2, -0.15) is 4.98 Å². The first-order chi connectivity index (χ1) is 13.4. The van der Waals surface area contributed by atoms with Crippen LogP contribution in [0.15, 0.2) is 15.1 Å². The summed E-state index contributed by atoms with van der Waals surface area (Å²) in [5.41, 5.74) is -0.211. The third-order valence-corrected chi connectivity index (χ3v) is 5.64. The monoisotopic (exact) mass is 389 g/mol. The Hall–Kier alpha value is -2.75. The molecule has 150 valence electrons. The fourth-order valence-corrected chi connectivity index (χ4v) is 4.45. The number of methoxy groups -OCH3 is 1. The smallest absolute Gasteiger partial charge is 0.273 e. The summed E-state index contributed by atoms with van der Waals surface area (Å²) in [6.45, 7) is 4.58. The van der Waals surface area contributed by atoms with E-state index in [0.717, 1.165) is 0 Å². The van der Waals surface area contributed by atoms with E-state index in [9.17, 15) is 9.59 Å². The van der Waals surface area contributed by atoms with Crippen LogP contribution in [0, 0.1) is 19.8 Å². The quantitative estimate of drug-likeness (QED) is 0.789. The topological polar surface area (TPSA) is 124 Å². The second-order valence-corrected chi connectivity index (χ2v) is 7.64. The number of aromatic nitrogens is 3. The highest BCUT2D eigenvalue weighted by molar-refractivity contribution is 5.92. The third-order valence-electron chi connectivity index (χ3n) is 5.64. The molecule has 1 saturated heterocycles. The molecule has 1 aliphatic carbocycles. The Kier molecular flexibility index (Phi) is 4.66. The first-order valence-corrected chi connectivity index (χ1v) is 9.23. The van der Waals surface area contributed by atoms with Crippen LogP contribution in [0.4, 0.5) is 0 Å². The lowest BCUT2D eigenvalue weighted by molar-refractivity contribution is -0.134. The number of fused-ring (bicyclic) bond motifs is 1. The van der Waals surface area contributed by atoms with Crippen molar-refractivity contribution in [3.05, 3.63) is 29.2 Å². The molecule has 2 fully saturated rings. The maximum absolute atomic E-state index is 12.5. The van der Waals surface area contributed by atoms with Crippen molar-refractivity contribution in [1.82, 2.24) is 25.5 Å². The van der Waals surface area contributed by atoms with Gasteiger partial charge < -0.3 is 24.0 Å². The lowest BCUT2D eigenvalue weighted by atomic mass is 9.80. The highest BCUT2D eigenvalue weighted by atomic mass is 16.5. The molecule has 10 heteroatoms. The van der Waals surface area contributed by atoms with Crippen molar-refractivity contribution >= 4 is 11.8 Å². The zero-order chi connectivity index (χ0) is 19.9. The predicted molar refractivity (Wildman–Crippen MR) is 94.4 cm³/mol. The van der Waals surface area contributed by atoms with Gasteiger partial charge in [0.1, 0.15) is 12.4 Å². The van der Waals surface area contributed by atoms with Gasteiger partial charge in [0.2, 0.25) is 11.8 Å². The fourth-order valence-electron chi connectivity index (χ4n) is 4.45. The van der Waals surface area contributed by atoms with Crippen LogP contribution >= 0.6 is 0 Å². The molecule has 3 atom stereocenters. The number of amides is 2. The normalized spacial score (nSPS) is 26.5. The van der Waals surface area contributed by atoms with Crippen molar-refractivity contribution in [2.24, 2.45) is 5.92 Å². The minimum atomic E-state index is -0.470. The molecule has 2 amide bonds. The highest BCUT2D eigenvalue weighted by Gasteiger charge is 2.58. The zero-order valence-corrected chi connectivity index (χ0v) is 16.1. The van der Waals surface area contributed by atoms with Crippen LogP contribution in [-0.4, -0.2) is 64.9 Å². The fraction of sp³-hybridized carbons (Fsp3) is 0.611. The molecule has 28 heavy (non-hydrogen) atoms. The summed E-state index contributed by atoms with van der Waals surface area (Å²) in [5, 5.41) is 10.7. The molecule has 0 aromatic carbocycles. The van der Waals surface area contributed by atoms with Gasteiger partial charge in [0.15, 0.2) is 11.5 Å². The maximum atomic E-state index is 12.5. The van der Waals surface area contributed by atoms with E-state index >= 15 is 0 Å². The molecule has 0 radical (unpaired) electrons. The van der Waals surface area contributed by atoms with E-state index in [1.165, 1.54) is 7.11 Å². The summed E-state index contributed by atoms with van der Waals surface area (Å²) < 4.78 is 15.5. The number of likely N-dealkylation sites (tertiary alicyclic amines) is 1. The van der Waals surface area contributed by atoms with Crippen LogP contribution in [0.2, 0.25) is 0 Å². The standard InChI is InChI=1S/C18H23N5O5/c1-10-4-14(22-27-10)16(25)20-13-5-12-7-23(15(24)8-26-3)9-18(12,6-13)17-19-11(2)21-28-17/h4,12-13H,5-9H2,1-3H3,(H,20,25)/t12?,13-,18+/m1/s1. The molecule has 4 rings (SSSR count). The number of ether oxygens (including phenoxy) is 1. The van der Waals surface area contributed by atoms with E-state index in [1.54, 1.807) is 24.8 Å². The average Bonchev–Trinajstić information content (AvgIpc) is 3.38. The first-order valence-electron chi connectivity index (χ1n) is 9.23. The number of nitrogens with one attached hydrogen (secondary N) is 1. The Morgan fingerprint density at radius 2 is 2.18 bits per heavy atom. The molecule has 1 unspecified atom stereocenters. The summed E-state index contributed by atoms with van der Waals surface area (Å²) in [6.07, 6.45) is 1.32. The molecule has 1 N–H and O–H groups in total. The van der Waals surface area contributed by atoms with Gasteiger partial charge in [0, 0.05) is 32.3 Å². The summed E-state index contributed by atoms with van der Waals surface area (Å²) in [6, 6.07) is 1.52. The van der Waals surface area contributed by atoms with E-state index < -0.39 is 5.41 Å². The maximum Gasteiger partial charge on any atom is 0.273 e. The van der Waals surface area contributed by atoms with Crippen LogP contribution in [0.5, 0.6) is 0 Å². The van der Waals surface area contributed by atoms with E-state index in [0.29, 0.717) is 43.4 Å². The van der Waals surface area contributed by atoms with E-state index in [4.69, 9.17) is 13.8 Å². The Balaban J connectivity index is 1.54. The number of aryl methyl sites for hydroxylation is 2. The lowest BCUT2D eigenvalue weighted by Crippen LogP contribution is -2.40. The molecular formula is C18H23N5O5. The first kappa shape index (κ1) is 18.6. The molecule has 3 heterocycles. The van der Waals surface area contributed by atoms with Crippen LogP contribution in [0.25, 0.3) is 0 Å². The summed E-state index contributed by atoms with van der Waals surface area (Å²) in [5.74, 6) is 1.43. The average molecular weight is 389 g/mol. The highest BCUT2D eigenvalue weighted by Crippen LogP contribution is 2.50. The number of hydrogen-bond acceptors (Lipinski definition) is 8. The predicted octanol–water partition coefficient (Wildman–Crippen LogP) is 0.609. The van der Waals surface area contributed by atoms with Crippen molar-refractivity contribution in [2.45, 2.75) is 38.1 Å². The summed E-state index contributed by atoms with van der Waals surface area (Å²) >= 11 is 0. The molecule has 2 aromatic rings. The van der Waals surface area contributed by atoms with Gasteiger partial charge in [-0.15, -0.1) is 0 Å². The zero-order valence-electron chi connectivity index (χ0n) is 16.1. The second kappa shape index (κ2) is 7.01. The van der Waals surface area contributed by atoms with Crippen LogP contribution < -0.4 is 5.32 Å². The second-order valence-electron chi connectivity index (χ2n) is 7.64. The van der Waals surface area contributed by atoms with E-state index in [1.807, 2.05) is 0 Å². The van der Waals surface area contributed by atoms with Crippen molar-refractivity contribution in [2.75, 3.05) is 26.8 Å². The van der Waals surface area contributed by atoms with E-state index in [-0.39, 0.29) is 36.1 Å². The molecule has 0 bridgehead atoms. The van der Waals surface area contributed by atoms with Crippen molar-refractivity contribution in [1.29, 1.82) is 0 Å². The minimum absolute atomic E-state index is 0.0390. The van der Waals surface area contributed by atoms with Crippen molar-refractivity contribution in [3.63, 3.8) is 0 Å². The number of carbonyl (C=O) groups excluding carboxylic acids is 2. The summed E-state index contributed by atoms with van der Waals surface area (Å²) in [4.78, 5) is 31.1. The Morgan fingerprint density at radius 1 is 1.36 bits per heavy atom. The summed E-state index contributed by atoms with van der Waals surface area (Å²) in [7, 11) is 1.50. The molecular weight excluding hydrogens is 366 g/mol. The molecule has 2 aromatic heterocycles. The Morgan fingerprint density at radius 3 is 2.82 bits per heavy atom.